The minimum absolute atomic E-state index is 0.117. The summed E-state index contributed by atoms with van der Waals surface area (Å²) < 4.78 is 11.9. The number of benzene rings is 3. The molecule has 0 bridgehead atoms. The Labute approximate surface area is 200 Å². The number of halogens is 1. The summed E-state index contributed by atoms with van der Waals surface area (Å²) in [4.78, 5) is 29.8. The number of nitrogens with zero attached hydrogens (tertiary/aromatic N) is 3. The Morgan fingerprint density at radius 2 is 1.53 bits per heavy atom. The van der Waals surface area contributed by atoms with Crippen LogP contribution in [-0.2, 0) is 0 Å². The van der Waals surface area contributed by atoms with Gasteiger partial charge in [0.05, 0.1) is 24.9 Å². The summed E-state index contributed by atoms with van der Waals surface area (Å²) in [5.74, 6) is -0.354. The maximum Gasteiger partial charge on any atom is 0.309 e. The molecule has 1 heterocycles. The highest BCUT2D eigenvalue weighted by Gasteiger charge is 2.20. The third-order valence-electron chi connectivity index (χ3n) is 4.83. The molecule has 0 radical (unpaired) electrons. The van der Waals surface area contributed by atoms with Gasteiger partial charge in [-0.3, -0.25) is 20.4 Å². The lowest BCUT2D eigenvalue weighted by Gasteiger charge is -2.12. The van der Waals surface area contributed by atoms with E-state index in [1.54, 1.807) is 4.68 Å². The molecule has 0 unspecified atom stereocenters. The average molecular weight is 478 g/mol. The summed E-state index contributed by atoms with van der Waals surface area (Å²) in [5, 5.41) is 4.55. The van der Waals surface area contributed by atoms with E-state index in [1.165, 1.54) is 26.4 Å². The summed E-state index contributed by atoms with van der Waals surface area (Å²) in [6, 6.07) is 21.5. The Hall–Kier alpha value is -4.37. The maximum atomic E-state index is 12.8. The zero-order valence-electron chi connectivity index (χ0n) is 18.3. The number of para-hydroxylation sites is 1. The quantitative estimate of drug-likeness (QED) is 0.410. The smallest absolute Gasteiger partial charge is 0.309 e. The lowest BCUT2D eigenvalue weighted by atomic mass is 10.2. The third kappa shape index (κ3) is 4.69. The summed E-state index contributed by atoms with van der Waals surface area (Å²) in [5.41, 5.74) is 6.35. The van der Waals surface area contributed by atoms with E-state index in [4.69, 9.17) is 21.1 Å². The molecule has 1 aromatic heterocycles. The van der Waals surface area contributed by atoms with Crippen LogP contribution in [0.1, 0.15) is 21.0 Å². The van der Waals surface area contributed by atoms with Gasteiger partial charge in [0.25, 0.3) is 5.91 Å². The van der Waals surface area contributed by atoms with Crippen molar-refractivity contribution in [2.45, 2.75) is 0 Å². The van der Waals surface area contributed by atoms with Crippen molar-refractivity contribution in [3.05, 3.63) is 89.2 Å². The van der Waals surface area contributed by atoms with Crippen molar-refractivity contribution in [2.24, 2.45) is 0 Å². The topological polar surface area (TPSA) is 107 Å². The molecule has 0 aliphatic heterocycles. The van der Waals surface area contributed by atoms with E-state index < -0.39 is 11.8 Å². The second kappa shape index (κ2) is 10.1. The normalized spacial score (nSPS) is 10.4. The molecular weight excluding hydrogens is 458 g/mol. The van der Waals surface area contributed by atoms with E-state index in [-0.39, 0.29) is 22.2 Å². The van der Waals surface area contributed by atoms with Gasteiger partial charge in [0.1, 0.15) is 0 Å². The SMILES string of the molecule is COc1cc(C(=O)NNC(=O)c2nc(-c3ccccc3)n(-c3ccccc3)n2)cc(Cl)c1OC. The van der Waals surface area contributed by atoms with Crippen LogP contribution < -0.4 is 20.3 Å². The summed E-state index contributed by atoms with van der Waals surface area (Å²) in [6.07, 6.45) is 0. The Kier molecular flexibility index (Phi) is 6.74. The number of hydrogen-bond acceptors (Lipinski definition) is 6. The molecule has 2 amide bonds. The molecule has 0 saturated carbocycles. The highest BCUT2D eigenvalue weighted by Crippen LogP contribution is 2.35. The minimum atomic E-state index is -0.688. The van der Waals surface area contributed by atoms with Gasteiger partial charge in [-0.1, -0.05) is 60.1 Å². The van der Waals surface area contributed by atoms with Crippen molar-refractivity contribution in [2.75, 3.05) is 14.2 Å². The van der Waals surface area contributed by atoms with E-state index >= 15 is 0 Å². The largest absolute Gasteiger partial charge is 0.493 e. The molecule has 4 aromatic rings. The number of carbonyl (C=O) groups excluding carboxylic acids is 2. The fourth-order valence-corrected chi connectivity index (χ4v) is 3.51. The molecule has 2 N–H and O–H groups in total. The molecule has 0 aliphatic carbocycles. The second-order valence-corrected chi connectivity index (χ2v) is 7.38. The molecule has 9 nitrogen and oxygen atoms in total. The molecular formula is C24H20ClN5O4. The average Bonchev–Trinajstić information content (AvgIpc) is 3.33. The van der Waals surface area contributed by atoms with Gasteiger partial charge in [0.15, 0.2) is 17.3 Å². The molecule has 0 spiro atoms. The van der Waals surface area contributed by atoms with Crippen LogP contribution >= 0.6 is 11.6 Å². The molecule has 0 fully saturated rings. The number of hydrogen-bond donors (Lipinski definition) is 2. The summed E-state index contributed by atoms with van der Waals surface area (Å²) in [6.45, 7) is 0. The molecule has 0 atom stereocenters. The van der Waals surface area contributed by atoms with Crippen LogP contribution in [-0.4, -0.2) is 40.8 Å². The van der Waals surface area contributed by atoms with E-state index in [0.29, 0.717) is 11.6 Å². The lowest BCUT2D eigenvalue weighted by Crippen LogP contribution is -2.42. The number of amides is 2. The van der Waals surface area contributed by atoms with Crippen LogP contribution in [0, 0.1) is 0 Å². The fourth-order valence-electron chi connectivity index (χ4n) is 3.22. The molecule has 0 aliphatic rings. The third-order valence-corrected chi connectivity index (χ3v) is 5.11. The number of ether oxygens (including phenoxy) is 2. The van der Waals surface area contributed by atoms with Crippen molar-refractivity contribution >= 4 is 23.4 Å². The van der Waals surface area contributed by atoms with Gasteiger partial charge in [-0.15, -0.1) is 5.10 Å². The van der Waals surface area contributed by atoms with Crippen molar-refractivity contribution in [3.8, 4) is 28.6 Å². The first-order valence-electron chi connectivity index (χ1n) is 10.1. The first-order chi connectivity index (χ1) is 16.5. The first kappa shape index (κ1) is 22.8. The highest BCUT2D eigenvalue weighted by molar-refractivity contribution is 6.32. The van der Waals surface area contributed by atoms with Crippen molar-refractivity contribution < 1.29 is 19.1 Å². The Morgan fingerprint density at radius 1 is 0.882 bits per heavy atom. The van der Waals surface area contributed by atoms with E-state index in [2.05, 4.69) is 20.9 Å². The lowest BCUT2D eigenvalue weighted by molar-refractivity contribution is 0.0841. The van der Waals surface area contributed by atoms with Gasteiger partial charge in [0.2, 0.25) is 5.82 Å². The van der Waals surface area contributed by atoms with Gasteiger partial charge in [-0.2, -0.15) is 0 Å². The molecule has 3 aromatic carbocycles. The summed E-state index contributed by atoms with van der Waals surface area (Å²) in [7, 11) is 2.87. The van der Waals surface area contributed by atoms with Crippen molar-refractivity contribution in [3.63, 3.8) is 0 Å². The van der Waals surface area contributed by atoms with E-state index in [9.17, 15) is 9.59 Å². The predicted octanol–water partition coefficient (Wildman–Crippen LogP) is 3.68. The second-order valence-electron chi connectivity index (χ2n) is 6.97. The Morgan fingerprint density at radius 3 is 2.18 bits per heavy atom. The van der Waals surface area contributed by atoms with Gasteiger partial charge in [-0.25, -0.2) is 9.67 Å². The molecule has 10 heteroatoms. The van der Waals surface area contributed by atoms with Gasteiger partial charge >= 0.3 is 5.91 Å². The van der Waals surface area contributed by atoms with Gasteiger partial charge < -0.3 is 9.47 Å². The zero-order chi connectivity index (χ0) is 24.1. The fraction of sp³-hybridized carbons (Fsp3) is 0.0833. The molecule has 34 heavy (non-hydrogen) atoms. The van der Waals surface area contributed by atoms with Crippen LogP contribution in [0.25, 0.3) is 17.1 Å². The Balaban J connectivity index is 1.57. The summed E-state index contributed by atoms with van der Waals surface area (Å²) >= 11 is 6.16. The molecule has 172 valence electrons. The van der Waals surface area contributed by atoms with Crippen LogP contribution in [0.15, 0.2) is 72.8 Å². The molecule has 0 saturated heterocycles. The Bertz CT molecular complexity index is 1270. The molecule has 4 rings (SSSR count). The van der Waals surface area contributed by atoms with Crippen molar-refractivity contribution in [1.82, 2.24) is 25.6 Å². The van der Waals surface area contributed by atoms with E-state index in [1.807, 2.05) is 60.7 Å². The van der Waals surface area contributed by atoms with Crippen LogP contribution in [0.5, 0.6) is 11.5 Å². The predicted molar refractivity (Wildman–Crippen MR) is 126 cm³/mol. The van der Waals surface area contributed by atoms with Crippen LogP contribution in [0.2, 0.25) is 5.02 Å². The number of aromatic nitrogens is 3. The highest BCUT2D eigenvalue weighted by atomic mass is 35.5. The number of nitrogens with one attached hydrogen (secondary N) is 2. The van der Waals surface area contributed by atoms with Crippen LogP contribution in [0.4, 0.5) is 0 Å². The van der Waals surface area contributed by atoms with E-state index in [0.717, 1.165) is 11.3 Å². The minimum Gasteiger partial charge on any atom is -0.493 e. The van der Waals surface area contributed by atoms with Gasteiger partial charge in [-0.05, 0) is 24.3 Å². The standard InChI is InChI=1S/C24H20ClN5O4/c1-33-19-14-16(13-18(25)20(19)34-2)23(31)27-28-24(32)21-26-22(15-9-5-3-6-10-15)30(29-21)17-11-7-4-8-12-17/h3-14H,1-2H3,(H,27,31)(H,28,32). The number of hydrazine groups is 1. The zero-order valence-corrected chi connectivity index (χ0v) is 19.0. The number of methoxy groups -OCH3 is 2. The number of carbonyl (C=O) groups is 2. The van der Waals surface area contributed by atoms with Gasteiger partial charge in [0, 0.05) is 11.1 Å². The van der Waals surface area contributed by atoms with Crippen molar-refractivity contribution in [1.29, 1.82) is 0 Å². The van der Waals surface area contributed by atoms with Crippen LogP contribution in [0.3, 0.4) is 0 Å². The monoisotopic (exact) mass is 477 g/mol. The first-order valence-corrected chi connectivity index (χ1v) is 10.5. The number of rotatable bonds is 6. The maximum absolute atomic E-state index is 12.8.